The molecule has 2 N–H and O–H groups in total. The lowest BCUT2D eigenvalue weighted by Crippen LogP contribution is -2.39. The number of methoxy groups -OCH3 is 1. The van der Waals surface area contributed by atoms with E-state index in [1.165, 1.54) is 0 Å². The third-order valence-corrected chi connectivity index (χ3v) is 4.88. The van der Waals surface area contributed by atoms with E-state index in [1.807, 2.05) is 29.3 Å². The third kappa shape index (κ3) is 3.32. The second-order valence-corrected chi connectivity index (χ2v) is 6.62. The van der Waals surface area contributed by atoms with Crippen LogP contribution in [0.2, 0.25) is 0 Å². The number of hydrogen-bond donors (Lipinski definition) is 1. The predicted molar refractivity (Wildman–Crippen MR) is 93.8 cm³/mol. The highest BCUT2D eigenvalue weighted by Crippen LogP contribution is 2.33. The molecule has 1 aromatic heterocycles. The van der Waals surface area contributed by atoms with Gasteiger partial charge in [0.15, 0.2) is 11.5 Å². The minimum atomic E-state index is 0.0285. The minimum Gasteiger partial charge on any atom is -0.454 e. The number of nitrogen functional groups attached to an aromatic ring is 1. The first kappa shape index (κ1) is 16.7. The molecule has 1 amide bonds. The Bertz CT molecular complexity index is 806. The molecule has 4 rings (SSSR count). The molecule has 8 nitrogen and oxygen atoms in total. The Morgan fingerprint density at radius 1 is 1.35 bits per heavy atom. The molecule has 0 saturated carbocycles. The van der Waals surface area contributed by atoms with E-state index >= 15 is 0 Å². The van der Waals surface area contributed by atoms with Crippen molar-refractivity contribution in [3.63, 3.8) is 0 Å². The number of benzene rings is 1. The molecule has 138 valence electrons. The molecule has 2 aliphatic rings. The van der Waals surface area contributed by atoms with Crippen LogP contribution in [0.4, 0.5) is 5.82 Å². The highest BCUT2D eigenvalue weighted by Gasteiger charge is 2.35. The Morgan fingerprint density at radius 3 is 2.96 bits per heavy atom. The number of nitrogens with two attached hydrogens (primary N) is 1. The van der Waals surface area contributed by atoms with Crippen molar-refractivity contribution in [1.29, 1.82) is 0 Å². The highest BCUT2D eigenvalue weighted by atomic mass is 16.7. The fraction of sp³-hybridized carbons (Fsp3) is 0.444. The summed E-state index contributed by atoms with van der Waals surface area (Å²) in [7, 11) is 1.68. The first-order valence-corrected chi connectivity index (χ1v) is 8.62. The Balaban J connectivity index is 1.47. The van der Waals surface area contributed by atoms with Crippen molar-refractivity contribution in [2.24, 2.45) is 0 Å². The van der Waals surface area contributed by atoms with Gasteiger partial charge in [-0.05, 0) is 30.2 Å². The number of aromatic nitrogens is 2. The summed E-state index contributed by atoms with van der Waals surface area (Å²) < 4.78 is 18.0. The van der Waals surface area contributed by atoms with Gasteiger partial charge in [0.05, 0.1) is 25.1 Å². The molecule has 8 heteroatoms. The molecule has 0 aliphatic carbocycles. The fourth-order valence-electron chi connectivity index (χ4n) is 3.55. The number of rotatable bonds is 5. The number of ether oxygens (including phenoxy) is 3. The van der Waals surface area contributed by atoms with Crippen molar-refractivity contribution < 1.29 is 19.0 Å². The lowest BCUT2D eigenvalue weighted by molar-refractivity contribution is -0.131. The maximum atomic E-state index is 12.9. The standard InChI is InChI=1S/C18H22N4O4/c1-24-14-8-13(9-21-5-4-17(19)20-21)22(10-14)18(23)7-12-2-3-15-16(6-12)26-11-25-15/h2-6,13-14H,7-11H2,1H3,(H2,19,20)/t13-,14-/m0/s1. The first-order chi connectivity index (χ1) is 12.6. The summed E-state index contributed by atoms with van der Waals surface area (Å²) in [5, 5.41) is 4.23. The van der Waals surface area contributed by atoms with Gasteiger partial charge in [0.1, 0.15) is 5.82 Å². The van der Waals surface area contributed by atoms with Crippen LogP contribution in [0.25, 0.3) is 0 Å². The zero-order valence-electron chi connectivity index (χ0n) is 14.6. The Hall–Kier alpha value is -2.74. The first-order valence-electron chi connectivity index (χ1n) is 8.62. The molecule has 0 bridgehead atoms. The molecule has 2 atom stereocenters. The van der Waals surface area contributed by atoms with Gasteiger partial charge in [-0.25, -0.2) is 0 Å². The molecule has 1 fully saturated rings. The SMILES string of the molecule is CO[C@H]1C[C@@H](Cn2ccc(N)n2)N(C(=O)Cc2ccc3c(c2)OCO3)C1. The lowest BCUT2D eigenvalue weighted by atomic mass is 10.1. The Kier molecular flexibility index (Phi) is 4.42. The van der Waals surface area contributed by atoms with Crippen molar-refractivity contribution >= 4 is 11.7 Å². The molecule has 1 aromatic carbocycles. The van der Waals surface area contributed by atoms with E-state index in [2.05, 4.69) is 5.10 Å². The van der Waals surface area contributed by atoms with Crippen LogP contribution >= 0.6 is 0 Å². The van der Waals surface area contributed by atoms with Crippen LogP contribution in [0.5, 0.6) is 11.5 Å². The maximum Gasteiger partial charge on any atom is 0.231 e. The quantitative estimate of drug-likeness (QED) is 0.859. The van der Waals surface area contributed by atoms with Crippen LogP contribution in [0.1, 0.15) is 12.0 Å². The molecule has 2 aliphatic heterocycles. The van der Waals surface area contributed by atoms with E-state index in [9.17, 15) is 4.79 Å². The number of amides is 1. The predicted octanol–water partition coefficient (Wildman–Crippen LogP) is 1.05. The van der Waals surface area contributed by atoms with Gasteiger partial charge in [-0.15, -0.1) is 0 Å². The van der Waals surface area contributed by atoms with Crippen LogP contribution in [-0.4, -0.2) is 53.2 Å². The van der Waals surface area contributed by atoms with Crippen molar-refractivity contribution in [2.45, 2.75) is 31.5 Å². The number of likely N-dealkylation sites (tertiary alicyclic amines) is 1. The van der Waals surface area contributed by atoms with E-state index in [0.717, 1.165) is 17.7 Å². The molecule has 26 heavy (non-hydrogen) atoms. The summed E-state index contributed by atoms with van der Waals surface area (Å²) in [6.07, 6.45) is 2.96. The molecular formula is C18H22N4O4. The molecule has 0 spiro atoms. The number of hydrogen-bond acceptors (Lipinski definition) is 6. The van der Waals surface area contributed by atoms with Crippen LogP contribution in [0, 0.1) is 0 Å². The third-order valence-electron chi connectivity index (χ3n) is 4.88. The number of carbonyl (C=O) groups excluding carboxylic acids is 1. The summed E-state index contributed by atoms with van der Waals surface area (Å²) in [6, 6.07) is 7.39. The van der Waals surface area contributed by atoms with E-state index in [1.54, 1.807) is 17.9 Å². The van der Waals surface area contributed by atoms with E-state index in [0.29, 0.717) is 31.1 Å². The van der Waals surface area contributed by atoms with Gasteiger partial charge in [0.25, 0.3) is 0 Å². The average Bonchev–Trinajstić information content (AvgIpc) is 3.34. The van der Waals surface area contributed by atoms with Crippen molar-refractivity contribution in [1.82, 2.24) is 14.7 Å². The maximum absolute atomic E-state index is 12.9. The average molecular weight is 358 g/mol. The van der Waals surface area contributed by atoms with Gasteiger partial charge < -0.3 is 24.8 Å². The Morgan fingerprint density at radius 2 is 2.19 bits per heavy atom. The number of nitrogens with zero attached hydrogens (tertiary/aromatic N) is 3. The Labute approximate surface area is 151 Å². The lowest BCUT2D eigenvalue weighted by Gasteiger charge is -2.24. The second kappa shape index (κ2) is 6.87. The zero-order chi connectivity index (χ0) is 18.1. The molecule has 2 aromatic rings. The highest BCUT2D eigenvalue weighted by molar-refractivity contribution is 5.79. The molecule has 0 radical (unpaired) electrons. The van der Waals surface area contributed by atoms with Crippen LogP contribution in [0.3, 0.4) is 0 Å². The van der Waals surface area contributed by atoms with Gasteiger partial charge in [0.2, 0.25) is 12.7 Å². The fourth-order valence-corrected chi connectivity index (χ4v) is 3.55. The van der Waals surface area contributed by atoms with Gasteiger partial charge in [-0.3, -0.25) is 9.48 Å². The summed E-state index contributed by atoms with van der Waals surface area (Å²) in [5.41, 5.74) is 6.59. The number of anilines is 1. The topological polar surface area (TPSA) is 91.8 Å². The molecular weight excluding hydrogens is 336 g/mol. The zero-order valence-corrected chi connectivity index (χ0v) is 14.6. The van der Waals surface area contributed by atoms with E-state index in [4.69, 9.17) is 19.9 Å². The number of fused-ring (bicyclic) bond motifs is 1. The van der Waals surface area contributed by atoms with Gasteiger partial charge in [0, 0.05) is 19.9 Å². The smallest absolute Gasteiger partial charge is 0.231 e. The van der Waals surface area contributed by atoms with Crippen molar-refractivity contribution in [3.05, 3.63) is 36.0 Å². The van der Waals surface area contributed by atoms with Crippen LogP contribution < -0.4 is 15.2 Å². The number of carbonyl (C=O) groups is 1. The van der Waals surface area contributed by atoms with Crippen molar-refractivity contribution in [3.8, 4) is 11.5 Å². The van der Waals surface area contributed by atoms with Crippen molar-refractivity contribution in [2.75, 3.05) is 26.2 Å². The summed E-state index contributed by atoms with van der Waals surface area (Å²) >= 11 is 0. The molecule has 0 unspecified atom stereocenters. The normalized spacial score (nSPS) is 21.3. The van der Waals surface area contributed by atoms with Gasteiger partial charge >= 0.3 is 0 Å². The monoisotopic (exact) mass is 358 g/mol. The minimum absolute atomic E-state index is 0.0285. The molecule has 3 heterocycles. The van der Waals surface area contributed by atoms with E-state index in [-0.39, 0.29) is 24.8 Å². The van der Waals surface area contributed by atoms with Gasteiger partial charge in [-0.1, -0.05) is 6.07 Å². The van der Waals surface area contributed by atoms with Gasteiger partial charge in [-0.2, -0.15) is 5.10 Å². The summed E-state index contributed by atoms with van der Waals surface area (Å²) in [5.74, 6) is 1.95. The van der Waals surface area contributed by atoms with Crippen LogP contribution in [0.15, 0.2) is 30.5 Å². The van der Waals surface area contributed by atoms with E-state index < -0.39 is 0 Å². The summed E-state index contributed by atoms with van der Waals surface area (Å²) in [6.45, 7) is 1.41. The summed E-state index contributed by atoms with van der Waals surface area (Å²) in [4.78, 5) is 14.8. The molecule has 1 saturated heterocycles. The van der Waals surface area contributed by atoms with Crippen LogP contribution in [-0.2, 0) is 22.5 Å². The second-order valence-electron chi connectivity index (χ2n) is 6.62. The largest absolute Gasteiger partial charge is 0.454 e.